The number of benzene rings is 2. The number of anilines is 1. The van der Waals surface area contributed by atoms with E-state index in [9.17, 15) is 9.59 Å². The molecule has 5 nitrogen and oxygen atoms in total. The lowest BCUT2D eigenvalue weighted by Crippen LogP contribution is -2.54. The Kier molecular flexibility index (Phi) is 5.28. The molecule has 2 heterocycles. The number of carbonyl (C=O) groups excluding carboxylic acids is 2. The molecule has 1 aliphatic heterocycles. The molecule has 0 radical (unpaired) electrons. The molecule has 1 aromatic heterocycles. The van der Waals surface area contributed by atoms with Gasteiger partial charge in [0.15, 0.2) is 5.11 Å². The molecule has 1 fully saturated rings. The first-order valence-corrected chi connectivity index (χ1v) is 10.1. The molecule has 0 bridgehead atoms. The lowest BCUT2D eigenvalue weighted by molar-refractivity contribution is -0.122. The first kappa shape index (κ1) is 20.1. The monoisotopic (exact) mass is 435 g/mol. The van der Waals surface area contributed by atoms with Crippen LogP contribution in [0.15, 0.2) is 66.4 Å². The lowest BCUT2D eigenvalue weighted by Gasteiger charge is -2.29. The number of aryl methyl sites for hydroxylation is 2. The van der Waals surface area contributed by atoms with E-state index in [1.54, 1.807) is 24.3 Å². The topological polar surface area (TPSA) is 54.3 Å². The van der Waals surface area contributed by atoms with Crippen LogP contribution in [-0.2, 0) is 9.59 Å². The third kappa shape index (κ3) is 3.67. The molecule has 7 heteroatoms. The van der Waals surface area contributed by atoms with Crippen LogP contribution >= 0.6 is 23.8 Å². The first-order chi connectivity index (χ1) is 14.3. The van der Waals surface area contributed by atoms with Gasteiger partial charge < -0.3 is 4.57 Å². The number of halogens is 1. The van der Waals surface area contributed by atoms with Crippen LogP contribution in [0.2, 0.25) is 5.02 Å². The van der Waals surface area contributed by atoms with Crippen LogP contribution in [0, 0.1) is 13.8 Å². The average Bonchev–Trinajstić information content (AvgIpc) is 3.16. The Balaban J connectivity index is 1.76. The SMILES string of the molecule is Cc1cccc(-n2cccc2/C=C2\C(=O)NC(=S)N(c3ccc(C)c(Cl)c3)C2=O)c1. The Morgan fingerprint density at radius 3 is 2.53 bits per heavy atom. The highest BCUT2D eigenvalue weighted by atomic mass is 35.5. The molecule has 4 rings (SSSR count). The summed E-state index contributed by atoms with van der Waals surface area (Å²) < 4.78 is 1.92. The van der Waals surface area contributed by atoms with Crippen molar-refractivity contribution >= 4 is 52.5 Å². The lowest BCUT2D eigenvalue weighted by atomic mass is 10.1. The maximum absolute atomic E-state index is 13.2. The van der Waals surface area contributed by atoms with Crippen LogP contribution in [0.25, 0.3) is 11.8 Å². The van der Waals surface area contributed by atoms with E-state index in [0.717, 1.165) is 16.8 Å². The second kappa shape index (κ2) is 7.89. The van der Waals surface area contributed by atoms with E-state index < -0.39 is 11.8 Å². The van der Waals surface area contributed by atoms with Gasteiger partial charge in [-0.2, -0.15) is 0 Å². The fourth-order valence-corrected chi connectivity index (χ4v) is 3.74. The maximum Gasteiger partial charge on any atom is 0.270 e. The van der Waals surface area contributed by atoms with Gasteiger partial charge in [-0.25, -0.2) is 0 Å². The molecule has 0 aliphatic carbocycles. The van der Waals surface area contributed by atoms with Crippen molar-refractivity contribution in [2.45, 2.75) is 13.8 Å². The van der Waals surface area contributed by atoms with Crippen molar-refractivity contribution in [2.24, 2.45) is 0 Å². The molecule has 1 N–H and O–H groups in total. The molecule has 2 amide bonds. The van der Waals surface area contributed by atoms with Crippen LogP contribution in [0.4, 0.5) is 5.69 Å². The zero-order valence-corrected chi connectivity index (χ0v) is 17.9. The van der Waals surface area contributed by atoms with Gasteiger partial charge in [0.05, 0.1) is 5.69 Å². The normalized spacial score (nSPS) is 15.6. The molecule has 0 spiro atoms. The number of aromatic nitrogens is 1. The number of hydrogen-bond donors (Lipinski definition) is 1. The zero-order chi connectivity index (χ0) is 21.4. The number of carbonyl (C=O) groups is 2. The smallest absolute Gasteiger partial charge is 0.270 e. The van der Waals surface area contributed by atoms with Crippen molar-refractivity contribution < 1.29 is 9.59 Å². The Hall–Kier alpha value is -3.22. The van der Waals surface area contributed by atoms with Crippen molar-refractivity contribution in [3.63, 3.8) is 0 Å². The fourth-order valence-electron chi connectivity index (χ4n) is 3.29. The fraction of sp³-hybridized carbons (Fsp3) is 0.0870. The maximum atomic E-state index is 13.2. The van der Waals surface area contributed by atoms with Gasteiger partial charge in [-0.3, -0.25) is 19.8 Å². The highest BCUT2D eigenvalue weighted by Gasteiger charge is 2.34. The van der Waals surface area contributed by atoms with E-state index in [-0.39, 0.29) is 10.7 Å². The number of nitrogens with one attached hydrogen (secondary N) is 1. The first-order valence-electron chi connectivity index (χ1n) is 9.27. The van der Waals surface area contributed by atoms with Crippen LogP contribution in [0.3, 0.4) is 0 Å². The number of rotatable bonds is 3. The summed E-state index contributed by atoms with van der Waals surface area (Å²) in [5.41, 5.74) is 4.13. The molecule has 3 aromatic rings. The van der Waals surface area contributed by atoms with Gasteiger partial charge in [0, 0.05) is 22.6 Å². The van der Waals surface area contributed by atoms with Crippen LogP contribution in [0.1, 0.15) is 16.8 Å². The highest BCUT2D eigenvalue weighted by Crippen LogP contribution is 2.27. The zero-order valence-electron chi connectivity index (χ0n) is 16.3. The van der Waals surface area contributed by atoms with Gasteiger partial charge in [-0.1, -0.05) is 29.8 Å². The van der Waals surface area contributed by atoms with Crippen LogP contribution < -0.4 is 10.2 Å². The minimum Gasteiger partial charge on any atom is -0.317 e. The third-order valence-corrected chi connectivity index (χ3v) is 5.56. The van der Waals surface area contributed by atoms with Gasteiger partial charge >= 0.3 is 0 Å². The van der Waals surface area contributed by atoms with Crippen LogP contribution in [-0.4, -0.2) is 21.5 Å². The molecule has 1 aliphatic rings. The van der Waals surface area contributed by atoms with Crippen LogP contribution in [0.5, 0.6) is 0 Å². The Bertz CT molecular complexity index is 1230. The predicted octanol–water partition coefficient (Wildman–Crippen LogP) is 4.58. The molecule has 0 saturated carbocycles. The highest BCUT2D eigenvalue weighted by molar-refractivity contribution is 7.80. The molecule has 150 valence electrons. The molecule has 1 saturated heterocycles. The standard InChI is InChI=1S/C23H18ClN3O2S/c1-14-5-3-6-16(11-14)26-10-4-7-17(26)12-19-21(28)25-23(30)27(22(19)29)18-9-8-15(2)20(24)13-18/h3-13H,1-2H3,(H,25,28,30)/b19-12+. The number of thiocarbonyl (C=S) groups is 1. The second-order valence-electron chi connectivity index (χ2n) is 7.03. The van der Waals surface area contributed by atoms with Crippen molar-refractivity contribution in [1.29, 1.82) is 0 Å². The number of hydrogen-bond acceptors (Lipinski definition) is 3. The average molecular weight is 436 g/mol. The van der Waals surface area contributed by atoms with E-state index in [2.05, 4.69) is 5.32 Å². The molecule has 30 heavy (non-hydrogen) atoms. The molecule has 2 aromatic carbocycles. The molecular formula is C23H18ClN3O2S. The van der Waals surface area contributed by atoms with Crippen molar-refractivity contribution in [2.75, 3.05) is 4.90 Å². The number of amides is 2. The van der Waals surface area contributed by atoms with Crippen molar-refractivity contribution in [3.05, 3.63) is 88.2 Å². The summed E-state index contributed by atoms with van der Waals surface area (Å²) in [4.78, 5) is 27.1. The second-order valence-corrected chi connectivity index (χ2v) is 7.83. The minimum atomic E-state index is -0.531. The summed E-state index contributed by atoms with van der Waals surface area (Å²) >= 11 is 11.5. The van der Waals surface area contributed by atoms with Gasteiger partial charge in [0.2, 0.25) is 0 Å². The largest absolute Gasteiger partial charge is 0.317 e. The van der Waals surface area contributed by atoms with Crippen molar-refractivity contribution in [3.8, 4) is 5.69 Å². The van der Waals surface area contributed by atoms with Gasteiger partial charge in [0.1, 0.15) is 5.57 Å². The van der Waals surface area contributed by atoms with Gasteiger partial charge in [-0.05, 0) is 79.7 Å². The van der Waals surface area contributed by atoms with E-state index in [1.165, 1.54) is 4.90 Å². The summed E-state index contributed by atoms with van der Waals surface area (Å²) in [5, 5.41) is 3.14. The summed E-state index contributed by atoms with van der Waals surface area (Å²) in [6.45, 7) is 3.88. The van der Waals surface area contributed by atoms with Crippen molar-refractivity contribution in [1.82, 2.24) is 9.88 Å². The quantitative estimate of drug-likeness (QED) is 0.372. The Morgan fingerprint density at radius 1 is 1.00 bits per heavy atom. The predicted molar refractivity (Wildman–Crippen MR) is 123 cm³/mol. The minimum absolute atomic E-state index is 0.00657. The summed E-state index contributed by atoms with van der Waals surface area (Å²) in [5.74, 6) is -1.03. The third-order valence-electron chi connectivity index (χ3n) is 4.87. The van der Waals surface area contributed by atoms with E-state index in [1.807, 2.05) is 61.0 Å². The van der Waals surface area contributed by atoms with E-state index >= 15 is 0 Å². The Morgan fingerprint density at radius 2 is 1.80 bits per heavy atom. The molecule has 0 atom stereocenters. The Labute approximate surface area is 184 Å². The van der Waals surface area contributed by atoms with Gasteiger partial charge in [-0.15, -0.1) is 0 Å². The summed E-state index contributed by atoms with van der Waals surface area (Å²) in [6, 6.07) is 16.9. The summed E-state index contributed by atoms with van der Waals surface area (Å²) in [6.07, 6.45) is 3.46. The molecular weight excluding hydrogens is 418 g/mol. The van der Waals surface area contributed by atoms with Gasteiger partial charge in [0.25, 0.3) is 11.8 Å². The molecule has 0 unspecified atom stereocenters. The van der Waals surface area contributed by atoms with E-state index in [0.29, 0.717) is 16.4 Å². The number of nitrogens with zero attached hydrogens (tertiary/aromatic N) is 2. The van der Waals surface area contributed by atoms with E-state index in [4.69, 9.17) is 23.8 Å². The summed E-state index contributed by atoms with van der Waals surface area (Å²) in [7, 11) is 0.